The van der Waals surface area contributed by atoms with E-state index in [-0.39, 0.29) is 12.2 Å². The molecule has 0 aliphatic carbocycles. The Morgan fingerprint density at radius 3 is 2.54 bits per heavy atom. The van der Waals surface area contributed by atoms with Gasteiger partial charge in [-0.15, -0.1) is 5.10 Å². The van der Waals surface area contributed by atoms with Gasteiger partial charge in [-0.05, 0) is 28.8 Å². The lowest BCUT2D eigenvalue weighted by atomic mass is 9.95. The molecule has 2 aliphatic heterocycles. The molecule has 0 bridgehead atoms. The molecule has 1 aromatic heterocycles. The Balaban J connectivity index is 1.43. The molecule has 1 atom stereocenters. The lowest BCUT2D eigenvalue weighted by Crippen LogP contribution is -2.45. The van der Waals surface area contributed by atoms with E-state index in [4.69, 9.17) is 9.47 Å². The molecule has 2 saturated heterocycles. The molecular formula is C18H23N5O3. The van der Waals surface area contributed by atoms with Gasteiger partial charge in [0.15, 0.2) is 6.29 Å². The summed E-state index contributed by atoms with van der Waals surface area (Å²) < 4.78 is 12.8. The number of ether oxygens (including phenoxy) is 2. The van der Waals surface area contributed by atoms with Gasteiger partial charge < -0.3 is 14.4 Å². The zero-order valence-electron chi connectivity index (χ0n) is 14.6. The van der Waals surface area contributed by atoms with Crippen LogP contribution in [0.25, 0.3) is 0 Å². The van der Waals surface area contributed by atoms with Crippen LogP contribution < -0.4 is 0 Å². The average molecular weight is 357 g/mol. The van der Waals surface area contributed by atoms with E-state index in [0.29, 0.717) is 38.6 Å². The first kappa shape index (κ1) is 17.1. The highest BCUT2D eigenvalue weighted by Gasteiger charge is 2.34. The number of amides is 1. The van der Waals surface area contributed by atoms with Crippen molar-refractivity contribution in [2.24, 2.45) is 5.92 Å². The second-order valence-corrected chi connectivity index (χ2v) is 6.77. The van der Waals surface area contributed by atoms with E-state index < -0.39 is 6.04 Å². The molecule has 4 rings (SSSR count). The van der Waals surface area contributed by atoms with Crippen molar-refractivity contribution >= 4 is 5.91 Å². The fourth-order valence-electron chi connectivity index (χ4n) is 3.69. The van der Waals surface area contributed by atoms with Gasteiger partial charge in [0.1, 0.15) is 12.4 Å². The molecule has 3 heterocycles. The van der Waals surface area contributed by atoms with Gasteiger partial charge in [-0.25, -0.2) is 4.68 Å². The van der Waals surface area contributed by atoms with Crippen LogP contribution in [-0.4, -0.2) is 63.6 Å². The number of carbonyl (C=O) groups excluding carboxylic acids is 1. The van der Waals surface area contributed by atoms with Gasteiger partial charge in [-0.3, -0.25) is 4.79 Å². The number of benzene rings is 1. The summed E-state index contributed by atoms with van der Waals surface area (Å²) in [6, 6.07) is 9.53. The summed E-state index contributed by atoms with van der Waals surface area (Å²) in [5.41, 5.74) is 1.09. The largest absolute Gasteiger partial charge is 0.350 e. The number of likely N-dealkylation sites (tertiary alicyclic amines) is 1. The van der Waals surface area contributed by atoms with E-state index in [9.17, 15) is 4.79 Å². The SMILES string of the molecule is O=C(C(Cc1ccccc1)n1cnnn1)N1CCC(C2OCCO2)CC1. The summed E-state index contributed by atoms with van der Waals surface area (Å²) in [4.78, 5) is 15.1. The van der Waals surface area contributed by atoms with Crippen LogP contribution in [0.15, 0.2) is 36.7 Å². The fourth-order valence-corrected chi connectivity index (χ4v) is 3.69. The number of piperidine rings is 1. The molecule has 8 nitrogen and oxygen atoms in total. The van der Waals surface area contributed by atoms with Crippen LogP contribution in [0, 0.1) is 5.92 Å². The van der Waals surface area contributed by atoms with E-state index in [0.717, 1.165) is 18.4 Å². The molecule has 2 fully saturated rings. The Labute approximate surface area is 152 Å². The molecular weight excluding hydrogens is 334 g/mol. The van der Waals surface area contributed by atoms with E-state index in [1.165, 1.54) is 6.33 Å². The van der Waals surface area contributed by atoms with Crippen LogP contribution in [-0.2, 0) is 20.7 Å². The molecule has 0 N–H and O–H groups in total. The Bertz CT molecular complexity index is 695. The first-order valence-corrected chi connectivity index (χ1v) is 9.09. The van der Waals surface area contributed by atoms with Crippen molar-refractivity contribution in [1.82, 2.24) is 25.1 Å². The lowest BCUT2D eigenvalue weighted by molar-refractivity contribution is -0.140. The molecule has 138 valence electrons. The summed E-state index contributed by atoms with van der Waals surface area (Å²) in [6.07, 6.45) is 3.76. The minimum absolute atomic E-state index is 0.0628. The maximum atomic E-state index is 13.2. The Kier molecular flexibility index (Phi) is 5.21. The molecule has 0 saturated carbocycles. The predicted octanol–water partition coefficient (Wildman–Crippen LogP) is 1.07. The number of rotatable bonds is 5. The quantitative estimate of drug-likeness (QED) is 0.796. The van der Waals surface area contributed by atoms with Crippen molar-refractivity contribution < 1.29 is 14.3 Å². The number of nitrogens with zero attached hydrogens (tertiary/aromatic N) is 5. The third-order valence-electron chi connectivity index (χ3n) is 5.12. The van der Waals surface area contributed by atoms with Crippen LogP contribution in [0.1, 0.15) is 24.4 Å². The van der Waals surface area contributed by atoms with Gasteiger partial charge in [-0.1, -0.05) is 30.3 Å². The highest BCUT2D eigenvalue weighted by atomic mass is 16.7. The van der Waals surface area contributed by atoms with Crippen molar-refractivity contribution in [2.75, 3.05) is 26.3 Å². The molecule has 1 unspecified atom stereocenters. The molecule has 2 aromatic rings. The van der Waals surface area contributed by atoms with Crippen molar-refractivity contribution in [1.29, 1.82) is 0 Å². The minimum Gasteiger partial charge on any atom is -0.350 e. The zero-order chi connectivity index (χ0) is 17.8. The minimum atomic E-state index is -0.428. The summed E-state index contributed by atoms with van der Waals surface area (Å²) in [5.74, 6) is 0.426. The number of aromatic nitrogens is 4. The number of tetrazole rings is 1. The Hall–Kier alpha value is -2.32. The number of hydrogen-bond donors (Lipinski definition) is 0. The van der Waals surface area contributed by atoms with Gasteiger partial charge in [0, 0.05) is 25.4 Å². The second-order valence-electron chi connectivity index (χ2n) is 6.77. The molecule has 26 heavy (non-hydrogen) atoms. The Morgan fingerprint density at radius 2 is 1.88 bits per heavy atom. The zero-order valence-corrected chi connectivity index (χ0v) is 14.6. The van der Waals surface area contributed by atoms with Crippen molar-refractivity contribution in [3.63, 3.8) is 0 Å². The predicted molar refractivity (Wildman–Crippen MR) is 92.0 cm³/mol. The normalized spacial score (nSPS) is 20.4. The number of hydrogen-bond acceptors (Lipinski definition) is 6. The van der Waals surface area contributed by atoms with Crippen molar-refractivity contribution in [2.45, 2.75) is 31.6 Å². The van der Waals surface area contributed by atoms with Crippen LogP contribution in [0.3, 0.4) is 0 Å². The monoisotopic (exact) mass is 357 g/mol. The highest BCUT2D eigenvalue weighted by molar-refractivity contribution is 5.80. The first-order valence-electron chi connectivity index (χ1n) is 9.09. The maximum Gasteiger partial charge on any atom is 0.247 e. The number of carbonyl (C=O) groups is 1. The summed E-state index contributed by atoms with van der Waals surface area (Å²) >= 11 is 0. The topological polar surface area (TPSA) is 82.4 Å². The third-order valence-corrected chi connectivity index (χ3v) is 5.12. The molecule has 2 aliphatic rings. The molecule has 0 radical (unpaired) electrons. The standard InChI is InChI=1S/C18H23N5O3/c24-17(22-8-6-15(7-9-22)18-25-10-11-26-18)16(23-13-19-20-21-23)12-14-4-2-1-3-5-14/h1-5,13,15-16,18H,6-12H2. The summed E-state index contributed by atoms with van der Waals surface area (Å²) in [7, 11) is 0. The van der Waals surface area contributed by atoms with Crippen molar-refractivity contribution in [3.8, 4) is 0 Å². The summed E-state index contributed by atoms with van der Waals surface area (Å²) in [6.45, 7) is 2.75. The van der Waals surface area contributed by atoms with Crippen LogP contribution in [0.5, 0.6) is 0 Å². The fraction of sp³-hybridized carbons (Fsp3) is 0.556. The average Bonchev–Trinajstić information content (AvgIpc) is 3.40. The third kappa shape index (κ3) is 3.76. The second kappa shape index (κ2) is 7.92. The van der Waals surface area contributed by atoms with Crippen LogP contribution >= 0.6 is 0 Å². The van der Waals surface area contributed by atoms with Crippen molar-refractivity contribution in [3.05, 3.63) is 42.2 Å². The smallest absolute Gasteiger partial charge is 0.247 e. The molecule has 1 aromatic carbocycles. The Morgan fingerprint density at radius 1 is 1.15 bits per heavy atom. The van der Waals surface area contributed by atoms with E-state index in [1.54, 1.807) is 4.68 Å². The molecule has 0 spiro atoms. The van der Waals surface area contributed by atoms with Gasteiger partial charge in [0.2, 0.25) is 5.91 Å². The van der Waals surface area contributed by atoms with E-state index >= 15 is 0 Å². The van der Waals surface area contributed by atoms with E-state index in [1.807, 2.05) is 35.2 Å². The highest BCUT2D eigenvalue weighted by Crippen LogP contribution is 2.27. The molecule has 1 amide bonds. The maximum absolute atomic E-state index is 13.2. The van der Waals surface area contributed by atoms with Gasteiger partial charge in [-0.2, -0.15) is 0 Å². The molecule has 8 heteroatoms. The van der Waals surface area contributed by atoms with Gasteiger partial charge in [0.25, 0.3) is 0 Å². The van der Waals surface area contributed by atoms with Crippen LogP contribution in [0.4, 0.5) is 0 Å². The van der Waals surface area contributed by atoms with Gasteiger partial charge >= 0.3 is 0 Å². The van der Waals surface area contributed by atoms with E-state index in [2.05, 4.69) is 15.5 Å². The summed E-state index contributed by atoms with van der Waals surface area (Å²) in [5, 5.41) is 11.4. The lowest BCUT2D eigenvalue weighted by Gasteiger charge is -2.35. The first-order chi connectivity index (χ1) is 12.8. The van der Waals surface area contributed by atoms with Crippen LogP contribution in [0.2, 0.25) is 0 Å². The van der Waals surface area contributed by atoms with Gasteiger partial charge in [0.05, 0.1) is 13.2 Å².